The van der Waals surface area contributed by atoms with E-state index in [2.05, 4.69) is 0 Å². The van der Waals surface area contributed by atoms with Crippen LogP contribution in [0.15, 0.2) is 63.1 Å². The summed E-state index contributed by atoms with van der Waals surface area (Å²) < 4.78 is 25.5. The van der Waals surface area contributed by atoms with E-state index in [1.54, 1.807) is 24.3 Å². The van der Waals surface area contributed by atoms with Crippen LogP contribution < -0.4 is 16.1 Å². The number of nitrogens with two attached hydrogens (primary N) is 1. The lowest BCUT2D eigenvalue weighted by atomic mass is 9.83. The Morgan fingerprint density at radius 2 is 1.92 bits per heavy atom. The summed E-state index contributed by atoms with van der Waals surface area (Å²) in [5.74, 6) is -1.86. The highest BCUT2D eigenvalue weighted by molar-refractivity contribution is 6.31. The van der Waals surface area contributed by atoms with Crippen LogP contribution in [-0.4, -0.2) is 0 Å². The molecule has 2 heterocycles. The first-order valence-corrected chi connectivity index (χ1v) is 7.98. The highest BCUT2D eigenvalue weighted by Crippen LogP contribution is 2.45. The Hall–Kier alpha value is -3.30. The van der Waals surface area contributed by atoms with Gasteiger partial charge in [-0.25, -0.2) is 9.18 Å². The average Bonchev–Trinajstić information content (AvgIpc) is 2.61. The van der Waals surface area contributed by atoms with Crippen molar-refractivity contribution in [3.63, 3.8) is 0 Å². The number of halogens is 2. The minimum Gasteiger partial charge on any atom is -0.439 e. The van der Waals surface area contributed by atoms with Crippen molar-refractivity contribution in [3.05, 3.63) is 86.3 Å². The molecule has 4 rings (SSSR count). The molecule has 0 aliphatic carbocycles. The van der Waals surface area contributed by atoms with E-state index in [1.807, 2.05) is 6.07 Å². The van der Waals surface area contributed by atoms with Crippen molar-refractivity contribution in [2.24, 2.45) is 5.73 Å². The van der Waals surface area contributed by atoms with Crippen LogP contribution in [0.5, 0.6) is 5.75 Å². The van der Waals surface area contributed by atoms with Crippen LogP contribution in [0.1, 0.15) is 17.0 Å². The molecule has 3 aromatic rings. The smallest absolute Gasteiger partial charge is 0.344 e. The molecule has 0 bridgehead atoms. The third-order valence-corrected chi connectivity index (χ3v) is 4.59. The SMILES string of the molecule is N#CC1=C(N)Oc2c(c(=O)oc3ccccc23)[C@@H]1c1c(F)cccc1Cl. The number of allylic oxidation sites excluding steroid dienone is 1. The second-order valence-electron chi connectivity index (χ2n) is 5.69. The molecule has 0 saturated carbocycles. The molecule has 0 fully saturated rings. The van der Waals surface area contributed by atoms with Gasteiger partial charge < -0.3 is 14.9 Å². The van der Waals surface area contributed by atoms with E-state index in [0.29, 0.717) is 11.0 Å². The normalized spacial score (nSPS) is 16.1. The lowest BCUT2D eigenvalue weighted by Crippen LogP contribution is -2.27. The molecule has 0 saturated heterocycles. The van der Waals surface area contributed by atoms with Crippen molar-refractivity contribution in [2.75, 3.05) is 0 Å². The van der Waals surface area contributed by atoms with Crippen LogP contribution in [-0.2, 0) is 0 Å². The fraction of sp³-hybridized carbons (Fsp3) is 0.0526. The maximum atomic E-state index is 14.6. The fourth-order valence-electron chi connectivity index (χ4n) is 3.14. The lowest BCUT2D eigenvalue weighted by molar-refractivity contribution is 0.387. The van der Waals surface area contributed by atoms with Crippen molar-refractivity contribution in [2.45, 2.75) is 5.92 Å². The van der Waals surface area contributed by atoms with Gasteiger partial charge in [0.2, 0.25) is 5.88 Å². The van der Waals surface area contributed by atoms with E-state index in [4.69, 9.17) is 26.5 Å². The molecule has 1 atom stereocenters. The molecule has 7 heteroatoms. The van der Waals surface area contributed by atoms with Crippen molar-refractivity contribution in [1.29, 1.82) is 5.26 Å². The van der Waals surface area contributed by atoms with Gasteiger partial charge in [-0.2, -0.15) is 5.26 Å². The number of fused-ring (bicyclic) bond motifs is 3. The van der Waals surface area contributed by atoms with Crippen LogP contribution in [0.2, 0.25) is 5.02 Å². The standard InChI is InChI=1S/C19H10ClFN2O3/c20-11-5-3-6-12(21)15(11)14-10(8-22)18(23)26-17-9-4-1-2-7-13(9)25-19(24)16(14)17/h1-7,14H,23H2/t14-/m0/s1. The second-order valence-corrected chi connectivity index (χ2v) is 6.10. The van der Waals surface area contributed by atoms with Crippen LogP contribution in [0.4, 0.5) is 4.39 Å². The first kappa shape index (κ1) is 16.2. The molecule has 1 aliphatic rings. The molecule has 0 amide bonds. The molecule has 26 heavy (non-hydrogen) atoms. The second kappa shape index (κ2) is 5.90. The fourth-order valence-corrected chi connectivity index (χ4v) is 3.41. The first-order valence-electron chi connectivity index (χ1n) is 7.60. The summed E-state index contributed by atoms with van der Waals surface area (Å²) in [6.45, 7) is 0. The summed E-state index contributed by atoms with van der Waals surface area (Å²) in [5.41, 5.74) is 5.31. The van der Waals surface area contributed by atoms with Gasteiger partial charge in [0.15, 0.2) is 5.75 Å². The minimum absolute atomic E-state index is 0.0125. The van der Waals surface area contributed by atoms with Gasteiger partial charge in [-0.05, 0) is 24.3 Å². The Balaban J connectivity index is 2.15. The van der Waals surface area contributed by atoms with Gasteiger partial charge in [-0.3, -0.25) is 0 Å². The third-order valence-electron chi connectivity index (χ3n) is 4.26. The van der Waals surface area contributed by atoms with Crippen LogP contribution in [0.3, 0.4) is 0 Å². The van der Waals surface area contributed by atoms with E-state index < -0.39 is 17.4 Å². The topological polar surface area (TPSA) is 89.3 Å². The number of benzene rings is 2. The molecule has 1 aromatic heterocycles. The molecular formula is C19H10ClFN2O3. The van der Waals surface area contributed by atoms with Gasteiger partial charge in [0.25, 0.3) is 0 Å². The van der Waals surface area contributed by atoms with Gasteiger partial charge >= 0.3 is 5.63 Å². The van der Waals surface area contributed by atoms with Crippen molar-refractivity contribution < 1.29 is 13.5 Å². The van der Waals surface area contributed by atoms with Crippen molar-refractivity contribution in [1.82, 2.24) is 0 Å². The Kier molecular flexibility index (Phi) is 3.67. The van der Waals surface area contributed by atoms with Crippen LogP contribution in [0.25, 0.3) is 11.0 Å². The molecule has 0 radical (unpaired) electrons. The van der Waals surface area contributed by atoms with Crippen molar-refractivity contribution >= 4 is 22.6 Å². The Morgan fingerprint density at radius 3 is 2.65 bits per heavy atom. The summed E-state index contributed by atoms with van der Waals surface area (Å²) in [4.78, 5) is 12.7. The maximum Gasteiger partial charge on any atom is 0.344 e. The average molecular weight is 369 g/mol. The number of nitrogens with zero attached hydrogens (tertiary/aromatic N) is 1. The molecule has 5 nitrogen and oxygen atoms in total. The number of hydrogen-bond donors (Lipinski definition) is 1. The van der Waals surface area contributed by atoms with Crippen molar-refractivity contribution in [3.8, 4) is 11.8 Å². The van der Waals surface area contributed by atoms with Gasteiger partial charge in [-0.1, -0.05) is 29.8 Å². The predicted molar refractivity (Wildman–Crippen MR) is 93.2 cm³/mol. The van der Waals surface area contributed by atoms with E-state index in [9.17, 15) is 14.4 Å². The van der Waals surface area contributed by atoms with Gasteiger partial charge in [0.05, 0.1) is 16.9 Å². The summed E-state index contributed by atoms with van der Waals surface area (Å²) in [6, 6.07) is 12.7. The lowest BCUT2D eigenvalue weighted by Gasteiger charge is -2.26. The molecule has 128 valence electrons. The number of nitriles is 1. The molecule has 0 unspecified atom stereocenters. The quantitative estimate of drug-likeness (QED) is 0.660. The third kappa shape index (κ3) is 2.25. The van der Waals surface area contributed by atoms with Gasteiger partial charge in [0, 0.05) is 10.6 Å². The van der Waals surface area contributed by atoms with Crippen LogP contribution in [0, 0.1) is 17.1 Å². The minimum atomic E-state index is -1.13. The molecule has 0 spiro atoms. The van der Waals surface area contributed by atoms with Crippen LogP contribution >= 0.6 is 11.6 Å². The summed E-state index contributed by atoms with van der Waals surface area (Å²) in [6.07, 6.45) is 0. The van der Waals surface area contributed by atoms with E-state index >= 15 is 0 Å². The Labute approximate surface area is 151 Å². The van der Waals surface area contributed by atoms with E-state index in [-0.39, 0.29) is 33.4 Å². The zero-order chi connectivity index (χ0) is 18.4. The zero-order valence-electron chi connectivity index (χ0n) is 13.1. The van der Waals surface area contributed by atoms with Gasteiger partial charge in [-0.15, -0.1) is 0 Å². The maximum absolute atomic E-state index is 14.6. The van der Waals surface area contributed by atoms with E-state index in [1.165, 1.54) is 18.2 Å². The van der Waals surface area contributed by atoms with E-state index in [0.717, 1.165) is 0 Å². The predicted octanol–water partition coefficient (Wildman–Crippen LogP) is 3.80. The molecule has 2 aromatic carbocycles. The largest absolute Gasteiger partial charge is 0.439 e. The number of para-hydroxylation sites is 1. The monoisotopic (exact) mass is 368 g/mol. The summed E-state index contributed by atoms with van der Waals surface area (Å²) in [5, 5.41) is 10.1. The number of hydrogen-bond acceptors (Lipinski definition) is 5. The first-order chi connectivity index (χ1) is 12.5. The van der Waals surface area contributed by atoms with Gasteiger partial charge in [0.1, 0.15) is 23.0 Å². The molecular weight excluding hydrogens is 359 g/mol. The Morgan fingerprint density at radius 1 is 1.15 bits per heavy atom. The number of rotatable bonds is 1. The molecule has 2 N–H and O–H groups in total. The zero-order valence-corrected chi connectivity index (χ0v) is 13.9. The summed E-state index contributed by atoms with van der Waals surface area (Å²) in [7, 11) is 0. The highest BCUT2D eigenvalue weighted by Gasteiger charge is 2.37. The highest BCUT2D eigenvalue weighted by atomic mass is 35.5. The molecule has 1 aliphatic heterocycles. The number of ether oxygens (including phenoxy) is 1. The Bertz CT molecular complexity index is 1170. The summed E-state index contributed by atoms with van der Waals surface area (Å²) >= 11 is 6.18.